The molecule has 2 aliphatic rings. The molecule has 2 saturated heterocycles. The summed E-state index contributed by atoms with van der Waals surface area (Å²) in [4.78, 5) is 36.9. The number of thiophene rings is 1. The molecule has 2 aliphatic heterocycles. The highest BCUT2D eigenvalue weighted by molar-refractivity contribution is 7.17. The number of carbonyl (C=O) groups excluding carboxylic acids is 2. The van der Waals surface area contributed by atoms with E-state index in [0.717, 1.165) is 30.8 Å². The third-order valence-corrected chi connectivity index (χ3v) is 5.25. The van der Waals surface area contributed by atoms with Gasteiger partial charge in [0.1, 0.15) is 6.04 Å². The Bertz CT molecular complexity index is 628. The molecule has 1 unspecified atom stereocenters. The molecule has 1 aromatic heterocycles. The summed E-state index contributed by atoms with van der Waals surface area (Å²) in [6, 6.07) is 2.31. The first-order chi connectivity index (χ1) is 11.1. The van der Waals surface area contributed by atoms with E-state index < -0.39 is 11.0 Å². The zero-order valence-corrected chi connectivity index (χ0v) is 13.3. The molecule has 8 nitrogen and oxygen atoms in total. The number of likely N-dealkylation sites (tertiary alicyclic amines) is 1. The van der Waals surface area contributed by atoms with Crippen LogP contribution in [0.25, 0.3) is 0 Å². The largest absolute Gasteiger partial charge is 0.354 e. The van der Waals surface area contributed by atoms with Crippen LogP contribution in [-0.4, -0.2) is 53.9 Å². The summed E-state index contributed by atoms with van der Waals surface area (Å²) in [6.07, 6.45) is 1.40. The maximum absolute atomic E-state index is 12.5. The lowest BCUT2D eigenvalue weighted by Gasteiger charge is -2.29. The van der Waals surface area contributed by atoms with Crippen LogP contribution < -0.4 is 10.6 Å². The molecule has 1 aromatic rings. The summed E-state index contributed by atoms with van der Waals surface area (Å²) >= 11 is 0.850. The van der Waals surface area contributed by atoms with Gasteiger partial charge in [0.05, 0.1) is 9.80 Å². The Morgan fingerprint density at radius 2 is 2.22 bits per heavy atom. The summed E-state index contributed by atoms with van der Waals surface area (Å²) in [5, 5.41) is 16.7. The van der Waals surface area contributed by atoms with Crippen molar-refractivity contribution in [1.82, 2.24) is 15.5 Å². The number of hydrogen-bond donors (Lipinski definition) is 2. The van der Waals surface area contributed by atoms with Gasteiger partial charge in [-0.25, -0.2) is 0 Å². The van der Waals surface area contributed by atoms with E-state index >= 15 is 0 Å². The van der Waals surface area contributed by atoms with Crippen LogP contribution >= 0.6 is 11.3 Å². The van der Waals surface area contributed by atoms with E-state index in [1.807, 2.05) is 0 Å². The topological polar surface area (TPSA) is 105 Å². The van der Waals surface area contributed by atoms with E-state index in [4.69, 9.17) is 0 Å². The average Bonchev–Trinajstić information content (AvgIpc) is 3.14. The summed E-state index contributed by atoms with van der Waals surface area (Å²) < 4.78 is 0. The highest BCUT2D eigenvalue weighted by Crippen LogP contribution is 2.28. The Balaban J connectivity index is 1.63. The molecule has 3 rings (SSSR count). The lowest BCUT2D eigenvalue weighted by atomic mass is 10.0. The summed E-state index contributed by atoms with van der Waals surface area (Å²) in [7, 11) is 0. The van der Waals surface area contributed by atoms with Crippen molar-refractivity contribution in [1.29, 1.82) is 0 Å². The molecule has 0 saturated carbocycles. The number of carbonyl (C=O) groups is 2. The van der Waals surface area contributed by atoms with Crippen molar-refractivity contribution in [3.8, 4) is 0 Å². The van der Waals surface area contributed by atoms with Gasteiger partial charge in [-0.05, 0) is 18.9 Å². The zero-order chi connectivity index (χ0) is 16.4. The van der Waals surface area contributed by atoms with Gasteiger partial charge < -0.3 is 15.5 Å². The van der Waals surface area contributed by atoms with Crippen LogP contribution in [0.3, 0.4) is 0 Å². The summed E-state index contributed by atoms with van der Waals surface area (Å²) in [5.74, 6) is 0.0318. The molecular weight excluding hydrogens is 320 g/mol. The number of hydrogen-bond acceptors (Lipinski definition) is 6. The molecule has 2 amide bonds. The predicted octanol–water partition coefficient (Wildman–Crippen LogP) is 0.597. The molecule has 0 aromatic carbocycles. The fourth-order valence-corrected chi connectivity index (χ4v) is 3.60. The molecule has 0 spiro atoms. The van der Waals surface area contributed by atoms with Gasteiger partial charge in [0.25, 0.3) is 5.91 Å². The molecule has 2 fully saturated rings. The van der Waals surface area contributed by atoms with Gasteiger partial charge in [-0.3, -0.25) is 19.7 Å². The minimum absolute atomic E-state index is 0.0639. The lowest BCUT2D eigenvalue weighted by molar-refractivity contribution is -0.380. The Kier molecular flexibility index (Phi) is 4.58. The van der Waals surface area contributed by atoms with Crippen molar-refractivity contribution < 1.29 is 14.5 Å². The van der Waals surface area contributed by atoms with Crippen molar-refractivity contribution in [3.05, 3.63) is 27.1 Å². The monoisotopic (exact) mass is 338 g/mol. The van der Waals surface area contributed by atoms with Crippen molar-refractivity contribution in [2.45, 2.75) is 18.9 Å². The Hall–Kier alpha value is -2.00. The first-order valence-corrected chi connectivity index (χ1v) is 8.41. The molecule has 0 aliphatic carbocycles. The molecule has 0 bridgehead atoms. The van der Waals surface area contributed by atoms with Gasteiger partial charge in [-0.2, -0.15) is 0 Å². The van der Waals surface area contributed by atoms with Crippen molar-refractivity contribution >= 4 is 28.2 Å². The summed E-state index contributed by atoms with van der Waals surface area (Å²) in [6.45, 7) is 2.95. The van der Waals surface area contributed by atoms with E-state index in [0.29, 0.717) is 30.3 Å². The second kappa shape index (κ2) is 6.63. The van der Waals surface area contributed by atoms with Gasteiger partial charge in [-0.15, -0.1) is 0 Å². The van der Waals surface area contributed by atoms with Gasteiger partial charge in [-0.1, -0.05) is 11.3 Å². The summed E-state index contributed by atoms with van der Waals surface area (Å²) in [5.41, 5.74) is 0. The maximum Gasteiger partial charge on any atom is 0.324 e. The maximum atomic E-state index is 12.5. The molecule has 23 heavy (non-hydrogen) atoms. The van der Waals surface area contributed by atoms with Crippen LogP contribution in [0.2, 0.25) is 0 Å². The van der Waals surface area contributed by atoms with Crippen LogP contribution in [-0.2, 0) is 4.79 Å². The highest BCUT2D eigenvalue weighted by atomic mass is 32.1. The van der Waals surface area contributed by atoms with Crippen molar-refractivity contribution in [3.63, 3.8) is 0 Å². The van der Waals surface area contributed by atoms with E-state index in [1.54, 1.807) is 0 Å². The van der Waals surface area contributed by atoms with Gasteiger partial charge in [0.2, 0.25) is 5.91 Å². The Morgan fingerprint density at radius 1 is 1.43 bits per heavy atom. The highest BCUT2D eigenvalue weighted by Gasteiger charge is 2.35. The van der Waals surface area contributed by atoms with Crippen molar-refractivity contribution in [2.75, 3.05) is 26.2 Å². The van der Waals surface area contributed by atoms with E-state index in [-0.39, 0.29) is 16.8 Å². The quantitative estimate of drug-likeness (QED) is 0.604. The van der Waals surface area contributed by atoms with Crippen LogP contribution in [0.15, 0.2) is 12.1 Å². The second-order valence-corrected chi connectivity index (χ2v) is 6.88. The molecule has 124 valence electrons. The minimum atomic E-state index is -0.512. The zero-order valence-electron chi connectivity index (χ0n) is 12.5. The molecular formula is C14H18N4O4S. The first kappa shape index (κ1) is 15.9. The SMILES string of the molecule is O=C(NCC1CNC1)C1CCCN1C(=O)c1ccc([N+](=O)[O-])s1. The third-order valence-electron chi connectivity index (χ3n) is 4.23. The number of nitrogens with one attached hydrogen (secondary N) is 2. The van der Waals surface area contributed by atoms with Gasteiger partial charge in [0.15, 0.2) is 0 Å². The van der Waals surface area contributed by atoms with Crippen LogP contribution in [0, 0.1) is 16.0 Å². The molecule has 2 N–H and O–H groups in total. The van der Waals surface area contributed by atoms with Crippen LogP contribution in [0.5, 0.6) is 0 Å². The fraction of sp³-hybridized carbons (Fsp3) is 0.571. The molecule has 9 heteroatoms. The standard InChI is InChI=1S/C14H18N4O4S/c19-13(16-8-9-6-15-7-9)10-2-1-5-17(10)14(20)11-3-4-12(23-11)18(21)22/h3-4,9-10,15H,1-2,5-8H2,(H,16,19). The van der Waals surface area contributed by atoms with E-state index in [9.17, 15) is 19.7 Å². The lowest BCUT2D eigenvalue weighted by Crippen LogP contribution is -2.51. The predicted molar refractivity (Wildman–Crippen MR) is 84.4 cm³/mol. The van der Waals surface area contributed by atoms with E-state index in [1.165, 1.54) is 17.0 Å². The average molecular weight is 338 g/mol. The first-order valence-electron chi connectivity index (χ1n) is 7.60. The van der Waals surface area contributed by atoms with Crippen molar-refractivity contribution in [2.24, 2.45) is 5.92 Å². The minimum Gasteiger partial charge on any atom is -0.354 e. The molecule has 3 heterocycles. The van der Waals surface area contributed by atoms with E-state index in [2.05, 4.69) is 10.6 Å². The Morgan fingerprint density at radius 3 is 2.83 bits per heavy atom. The number of amides is 2. The number of nitrogens with zero attached hydrogens (tertiary/aromatic N) is 2. The van der Waals surface area contributed by atoms with Gasteiger partial charge >= 0.3 is 5.00 Å². The van der Waals surface area contributed by atoms with Crippen LogP contribution in [0.4, 0.5) is 5.00 Å². The smallest absolute Gasteiger partial charge is 0.324 e. The Labute approximate surface area is 137 Å². The van der Waals surface area contributed by atoms with Crippen LogP contribution in [0.1, 0.15) is 22.5 Å². The number of nitro groups is 1. The molecule has 1 atom stereocenters. The molecule has 0 radical (unpaired) electrons. The number of rotatable bonds is 5. The fourth-order valence-electron chi connectivity index (χ4n) is 2.82. The third kappa shape index (κ3) is 3.35. The van der Waals surface area contributed by atoms with Gasteiger partial charge in [0, 0.05) is 38.2 Å². The second-order valence-electron chi connectivity index (χ2n) is 5.82. The normalized spacial score (nSPS) is 21.0.